The Morgan fingerprint density at radius 3 is 0.873 bits per heavy atom. The van der Waals surface area contributed by atoms with E-state index in [2.05, 4.69) is 149 Å². The second kappa shape index (κ2) is 74.2. The predicted octanol–water partition coefficient (Wildman–Crippen LogP) is 22.7. The molecule has 0 saturated heterocycles. The Balaban J connectivity index is 5.46. The molecule has 5 unspecified atom stereocenters. The van der Waals surface area contributed by atoms with Crippen LogP contribution in [0.1, 0.15) is 297 Å². The van der Waals surface area contributed by atoms with Crippen LogP contribution in [0.4, 0.5) is 0 Å². The van der Waals surface area contributed by atoms with Crippen molar-refractivity contribution in [3.63, 3.8) is 0 Å². The molecular weight excluding hydrogens is 1330 g/mol. The Kier molecular flexibility index (Phi) is 70.5. The van der Waals surface area contributed by atoms with Gasteiger partial charge >= 0.3 is 39.5 Å². The van der Waals surface area contributed by atoms with E-state index in [9.17, 15) is 43.2 Å². The number of esters is 4. The monoisotopic (exact) mass is 1470 g/mol. The lowest BCUT2D eigenvalue weighted by atomic mass is 10.0. The van der Waals surface area contributed by atoms with E-state index in [1.807, 2.05) is 18.2 Å². The van der Waals surface area contributed by atoms with E-state index >= 15 is 0 Å². The molecule has 19 heteroatoms. The minimum atomic E-state index is -5.00. The first kappa shape index (κ1) is 96.9. The number of rotatable bonds is 72. The molecule has 582 valence electrons. The highest BCUT2D eigenvalue weighted by Gasteiger charge is 2.30. The molecule has 0 aliphatic rings. The van der Waals surface area contributed by atoms with Crippen molar-refractivity contribution in [2.45, 2.75) is 316 Å². The van der Waals surface area contributed by atoms with Crippen LogP contribution in [0.3, 0.4) is 0 Å². The Hall–Kier alpha value is -5.06. The number of carbonyl (C=O) groups is 4. The van der Waals surface area contributed by atoms with Crippen molar-refractivity contribution in [1.82, 2.24) is 0 Å². The number of aliphatic hydroxyl groups is 1. The molecule has 0 radical (unpaired) electrons. The normalized spacial score (nSPS) is 14.7. The summed E-state index contributed by atoms with van der Waals surface area (Å²) >= 11 is 0. The molecular formula is C83H138O17P2. The lowest BCUT2D eigenvalue weighted by Crippen LogP contribution is -2.30. The molecule has 0 spiro atoms. The van der Waals surface area contributed by atoms with Gasteiger partial charge < -0.3 is 33.8 Å². The Labute approximate surface area is 617 Å². The molecule has 0 rings (SSSR count). The molecule has 5 atom stereocenters. The lowest BCUT2D eigenvalue weighted by molar-refractivity contribution is -0.161. The number of allylic oxidation sites excluding steroid dienone is 23. The van der Waals surface area contributed by atoms with Crippen molar-refractivity contribution in [2.75, 3.05) is 39.6 Å². The number of carbonyl (C=O) groups excluding carboxylic acids is 4. The summed E-state index contributed by atoms with van der Waals surface area (Å²) in [5.74, 6) is -2.37. The van der Waals surface area contributed by atoms with E-state index in [0.717, 1.165) is 154 Å². The third-order valence-electron chi connectivity index (χ3n) is 15.8. The van der Waals surface area contributed by atoms with Crippen LogP contribution in [0.5, 0.6) is 0 Å². The van der Waals surface area contributed by atoms with Crippen molar-refractivity contribution < 1.29 is 80.2 Å². The average molecular weight is 1470 g/mol. The molecule has 3 N–H and O–H groups in total. The fraction of sp³-hybridized carbons (Fsp3) is 0.663. The molecule has 0 aromatic heterocycles. The third-order valence-corrected chi connectivity index (χ3v) is 17.7. The lowest BCUT2D eigenvalue weighted by Gasteiger charge is -2.21. The highest BCUT2D eigenvalue weighted by Crippen LogP contribution is 2.45. The number of phosphoric ester groups is 2. The summed E-state index contributed by atoms with van der Waals surface area (Å²) in [6.45, 7) is 4.38. The molecule has 17 nitrogen and oxygen atoms in total. The SMILES string of the molecule is CC/C=C\C/C=C\C/C=C\C/C=C\C/C=C\CC(=O)OCC(COP(=O)(O)OCC(O)COP(=O)(O)OCC(COC(=O)CCCCCC/C=C\C/C=C\C/C=C\C/C=C\CC)OC(=O)CCCCCCCCCCCCCCCCC)OC(=O)CCCCCCC/C=C\C/C=C\C/C=C\CC. The number of hydrogen-bond acceptors (Lipinski definition) is 15. The Morgan fingerprint density at radius 2 is 0.549 bits per heavy atom. The first-order valence-corrected chi connectivity index (χ1v) is 42.1. The van der Waals surface area contributed by atoms with Crippen LogP contribution in [-0.2, 0) is 65.4 Å². The molecule has 0 aromatic carbocycles. The van der Waals surface area contributed by atoms with Gasteiger partial charge in [-0.3, -0.25) is 37.3 Å². The summed E-state index contributed by atoms with van der Waals surface area (Å²) in [6, 6.07) is 0. The maximum absolute atomic E-state index is 13.1. The number of ether oxygens (including phenoxy) is 4. The van der Waals surface area contributed by atoms with Gasteiger partial charge in [0.25, 0.3) is 0 Å². The molecule has 0 saturated carbocycles. The quantitative estimate of drug-likeness (QED) is 0.0169. The van der Waals surface area contributed by atoms with Crippen molar-refractivity contribution in [3.05, 3.63) is 146 Å². The third kappa shape index (κ3) is 73.3. The van der Waals surface area contributed by atoms with Gasteiger partial charge in [-0.2, -0.15) is 0 Å². The van der Waals surface area contributed by atoms with Crippen LogP contribution in [0.2, 0.25) is 0 Å². The first-order chi connectivity index (χ1) is 49.7. The van der Waals surface area contributed by atoms with Gasteiger partial charge in [0.15, 0.2) is 12.2 Å². The van der Waals surface area contributed by atoms with E-state index in [-0.39, 0.29) is 25.7 Å². The first-order valence-electron chi connectivity index (χ1n) is 39.1. The predicted molar refractivity (Wildman–Crippen MR) is 417 cm³/mol. The minimum absolute atomic E-state index is 0.0518. The van der Waals surface area contributed by atoms with Crippen molar-refractivity contribution in [3.8, 4) is 0 Å². The van der Waals surface area contributed by atoms with Gasteiger partial charge in [0.1, 0.15) is 19.3 Å². The van der Waals surface area contributed by atoms with E-state index in [1.165, 1.54) is 64.2 Å². The fourth-order valence-corrected chi connectivity index (χ4v) is 11.6. The molecule has 0 fully saturated rings. The van der Waals surface area contributed by atoms with Crippen LogP contribution in [0.15, 0.2) is 146 Å². The second-order valence-electron chi connectivity index (χ2n) is 25.5. The summed E-state index contributed by atoms with van der Waals surface area (Å²) in [4.78, 5) is 72.9. The molecule has 0 aliphatic carbocycles. The van der Waals surface area contributed by atoms with Crippen LogP contribution in [-0.4, -0.2) is 96.7 Å². The van der Waals surface area contributed by atoms with E-state index in [0.29, 0.717) is 25.7 Å². The van der Waals surface area contributed by atoms with Gasteiger partial charge in [0.2, 0.25) is 0 Å². The largest absolute Gasteiger partial charge is 0.472 e. The number of phosphoric acid groups is 2. The van der Waals surface area contributed by atoms with Gasteiger partial charge in [-0.1, -0.05) is 296 Å². The van der Waals surface area contributed by atoms with Crippen LogP contribution in [0, 0.1) is 0 Å². The van der Waals surface area contributed by atoms with Gasteiger partial charge in [-0.15, -0.1) is 0 Å². The molecule has 0 amide bonds. The van der Waals surface area contributed by atoms with Crippen molar-refractivity contribution in [2.24, 2.45) is 0 Å². The molecule has 0 bridgehead atoms. The zero-order valence-electron chi connectivity index (χ0n) is 63.5. The average Bonchev–Trinajstić information content (AvgIpc) is 0.926. The zero-order valence-corrected chi connectivity index (χ0v) is 65.3. The van der Waals surface area contributed by atoms with Crippen LogP contribution < -0.4 is 0 Å². The standard InChI is InChI=1S/C83H138O17P2/c1-5-9-13-17-21-25-29-33-37-38-42-44-48-52-56-60-64-68-81(86)94-74-79(100-83(88)70-66-62-58-54-50-46-41-36-32-28-24-20-16-12-8-4)76-98-102(91,92)96-72-77(84)71-95-101(89,90)97-75-78(99-82(87)69-65-61-57-53-49-45-40-35-31-27-23-19-15-11-7-3)73-93-80(85)67-63-59-55-51-47-43-39-34-30-26-22-18-14-10-6-2/h9-11,13-15,21-23,25-27,33-35,37,39-40,42,44,47,51,59,63,77-79,84H,5-8,12,16-20,24,28-32,36,38,41,43,45-46,48-50,52-58,60-62,64-76H2,1-4H3,(H,89,90)(H,91,92)/b13-9-,14-10-,15-11-,25-21-,26-22-,27-23-,37-33-,39-34-,40-35-,44-42-,51-47-,63-59-. The zero-order chi connectivity index (χ0) is 74.6. The number of unbranched alkanes of at least 4 members (excludes halogenated alkanes) is 23. The van der Waals surface area contributed by atoms with E-state index < -0.39 is 97.5 Å². The highest BCUT2D eigenvalue weighted by atomic mass is 31.2. The maximum Gasteiger partial charge on any atom is 0.472 e. The van der Waals surface area contributed by atoms with Gasteiger partial charge in [-0.25, -0.2) is 9.13 Å². The number of hydrogen-bond donors (Lipinski definition) is 3. The smallest absolute Gasteiger partial charge is 0.462 e. The van der Waals surface area contributed by atoms with E-state index in [4.69, 9.17) is 37.0 Å². The molecule has 102 heavy (non-hydrogen) atoms. The van der Waals surface area contributed by atoms with Crippen LogP contribution in [0.25, 0.3) is 0 Å². The van der Waals surface area contributed by atoms with Gasteiger partial charge in [-0.05, 0) is 122 Å². The molecule has 0 aromatic rings. The Bertz CT molecular complexity index is 2510. The van der Waals surface area contributed by atoms with Gasteiger partial charge in [0.05, 0.1) is 32.8 Å². The van der Waals surface area contributed by atoms with E-state index in [1.54, 1.807) is 6.08 Å². The molecule has 0 aliphatic heterocycles. The van der Waals surface area contributed by atoms with Crippen molar-refractivity contribution >= 4 is 39.5 Å². The minimum Gasteiger partial charge on any atom is -0.462 e. The summed E-state index contributed by atoms with van der Waals surface area (Å²) < 4.78 is 68.4. The second-order valence-corrected chi connectivity index (χ2v) is 28.4. The van der Waals surface area contributed by atoms with Crippen molar-refractivity contribution in [1.29, 1.82) is 0 Å². The van der Waals surface area contributed by atoms with Gasteiger partial charge in [0, 0.05) is 19.3 Å². The summed E-state index contributed by atoms with van der Waals surface area (Å²) in [7, 11) is -10.00. The topological polar surface area (TPSA) is 237 Å². The maximum atomic E-state index is 13.1. The Morgan fingerprint density at radius 1 is 0.294 bits per heavy atom. The summed E-state index contributed by atoms with van der Waals surface area (Å²) in [5.41, 5.74) is 0. The summed E-state index contributed by atoms with van der Waals surface area (Å²) in [5, 5.41) is 10.6. The molecule has 0 heterocycles. The van der Waals surface area contributed by atoms with Crippen LogP contribution >= 0.6 is 15.6 Å². The summed E-state index contributed by atoms with van der Waals surface area (Å²) in [6.07, 6.45) is 84.3. The highest BCUT2D eigenvalue weighted by molar-refractivity contribution is 7.47. The number of aliphatic hydroxyl groups excluding tert-OH is 1. The fourth-order valence-electron chi connectivity index (χ4n) is 10.0.